The van der Waals surface area contributed by atoms with E-state index in [0.29, 0.717) is 24.1 Å². The van der Waals surface area contributed by atoms with Gasteiger partial charge in [-0.2, -0.15) is 5.26 Å². The molecule has 0 fully saturated rings. The molecule has 1 aliphatic heterocycles. The average molecular weight is 449 g/mol. The number of ketones is 1. The van der Waals surface area contributed by atoms with Crippen LogP contribution in [0.2, 0.25) is 0 Å². The van der Waals surface area contributed by atoms with Gasteiger partial charge in [-0.05, 0) is 47.7 Å². The number of Topliss-reactive ketones (excluding diaryl/α,β-unsaturated/α-hetero) is 1. The van der Waals surface area contributed by atoms with Crippen LogP contribution in [0.1, 0.15) is 50.2 Å². The zero-order valence-corrected chi connectivity index (χ0v) is 18.0. The van der Waals surface area contributed by atoms with Crippen molar-refractivity contribution in [1.29, 1.82) is 5.26 Å². The number of nitrogens with zero attached hydrogens (tertiary/aromatic N) is 2. The molecule has 4 nitrogen and oxygen atoms in total. The summed E-state index contributed by atoms with van der Waals surface area (Å²) in [4.78, 5) is 28.3. The van der Waals surface area contributed by atoms with E-state index in [0.717, 1.165) is 21.3 Å². The average Bonchev–Trinajstić information content (AvgIpc) is 2.67. The number of allylic oxidation sites excluding steroid dienone is 2. The molecule has 1 unspecified atom stereocenters. The zero-order chi connectivity index (χ0) is 20.8. The molecule has 146 valence electrons. The van der Waals surface area contributed by atoms with E-state index in [9.17, 15) is 9.59 Å². The number of nitriles is 1. The van der Waals surface area contributed by atoms with Crippen molar-refractivity contribution in [2.45, 2.75) is 39.0 Å². The second-order valence-corrected chi connectivity index (χ2v) is 9.32. The largest absolute Gasteiger partial charge is 0.294 e. The van der Waals surface area contributed by atoms with Gasteiger partial charge < -0.3 is 0 Å². The fourth-order valence-electron chi connectivity index (χ4n) is 4.42. The number of hydrogen-bond donors (Lipinski definition) is 0. The molecule has 2 aromatic carbocycles. The smallest absolute Gasteiger partial charge is 0.232 e. The van der Waals surface area contributed by atoms with Crippen LogP contribution in [0.4, 0.5) is 5.69 Å². The van der Waals surface area contributed by atoms with E-state index in [4.69, 9.17) is 5.26 Å². The highest BCUT2D eigenvalue weighted by Gasteiger charge is 2.44. The summed E-state index contributed by atoms with van der Waals surface area (Å²) in [6.07, 6.45) is 1.37. The summed E-state index contributed by atoms with van der Waals surface area (Å²) < 4.78 is 0.911. The third-order valence-corrected chi connectivity index (χ3v) is 6.40. The van der Waals surface area contributed by atoms with E-state index >= 15 is 0 Å². The van der Waals surface area contributed by atoms with Gasteiger partial charge in [0.25, 0.3) is 0 Å². The van der Waals surface area contributed by atoms with Crippen LogP contribution in [0.3, 0.4) is 0 Å². The first-order valence-electron chi connectivity index (χ1n) is 9.64. The molecule has 2 aromatic rings. The molecular weight excluding hydrogens is 428 g/mol. The zero-order valence-electron chi connectivity index (χ0n) is 16.4. The van der Waals surface area contributed by atoms with Gasteiger partial charge in [0.2, 0.25) is 5.91 Å². The molecular formula is C24H21BrN2O2. The Kier molecular flexibility index (Phi) is 4.92. The fraction of sp³-hybridized carbons (Fsp3) is 0.292. The second-order valence-electron chi connectivity index (χ2n) is 8.47. The first kappa shape index (κ1) is 19.6. The van der Waals surface area contributed by atoms with E-state index in [1.807, 2.05) is 24.3 Å². The van der Waals surface area contributed by atoms with Crippen molar-refractivity contribution in [1.82, 2.24) is 0 Å². The monoisotopic (exact) mass is 448 g/mol. The van der Waals surface area contributed by atoms with Crippen LogP contribution in [0.25, 0.3) is 0 Å². The van der Waals surface area contributed by atoms with E-state index in [1.165, 1.54) is 0 Å². The highest BCUT2D eigenvalue weighted by Crippen LogP contribution is 2.49. The van der Waals surface area contributed by atoms with Gasteiger partial charge in [0, 0.05) is 40.2 Å². The van der Waals surface area contributed by atoms with Gasteiger partial charge >= 0.3 is 0 Å². The van der Waals surface area contributed by atoms with Crippen molar-refractivity contribution < 1.29 is 9.59 Å². The highest BCUT2D eigenvalue weighted by molar-refractivity contribution is 9.10. The normalized spacial score (nSPS) is 21.0. The van der Waals surface area contributed by atoms with Crippen LogP contribution < -0.4 is 4.90 Å². The third kappa shape index (κ3) is 3.54. The van der Waals surface area contributed by atoms with Crippen molar-refractivity contribution in [3.05, 3.63) is 75.4 Å². The van der Waals surface area contributed by atoms with Gasteiger partial charge in [-0.3, -0.25) is 14.5 Å². The quantitative estimate of drug-likeness (QED) is 0.610. The highest BCUT2D eigenvalue weighted by atomic mass is 79.9. The number of halogens is 1. The molecule has 0 N–H and O–H groups in total. The molecule has 0 bridgehead atoms. The first-order valence-corrected chi connectivity index (χ1v) is 10.4. The van der Waals surface area contributed by atoms with Crippen LogP contribution >= 0.6 is 15.9 Å². The summed E-state index contributed by atoms with van der Waals surface area (Å²) in [6, 6.07) is 16.9. The fourth-order valence-corrected chi connectivity index (χ4v) is 4.98. The minimum Gasteiger partial charge on any atom is -0.294 e. The lowest BCUT2D eigenvalue weighted by molar-refractivity contribution is -0.121. The lowest BCUT2D eigenvalue weighted by atomic mass is 9.69. The maximum absolute atomic E-state index is 13.3. The molecule has 0 saturated carbocycles. The number of anilines is 1. The van der Waals surface area contributed by atoms with Crippen molar-refractivity contribution in [2.24, 2.45) is 5.41 Å². The van der Waals surface area contributed by atoms with Gasteiger partial charge in [-0.15, -0.1) is 0 Å². The molecule has 4 rings (SSSR count). The molecule has 1 amide bonds. The van der Waals surface area contributed by atoms with Gasteiger partial charge in [-0.25, -0.2) is 0 Å². The predicted octanol–water partition coefficient (Wildman–Crippen LogP) is 5.48. The Labute approximate surface area is 179 Å². The van der Waals surface area contributed by atoms with Gasteiger partial charge in [0.1, 0.15) is 0 Å². The van der Waals surface area contributed by atoms with Crippen LogP contribution in [0.15, 0.2) is 64.3 Å². The summed E-state index contributed by atoms with van der Waals surface area (Å²) in [7, 11) is 0. The van der Waals surface area contributed by atoms with Crippen LogP contribution in [0.5, 0.6) is 0 Å². The predicted molar refractivity (Wildman–Crippen MR) is 115 cm³/mol. The lowest BCUT2D eigenvalue weighted by Crippen LogP contribution is -2.43. The minimum atomic E-state index is -0.244. The van der Waals surface area contributed by atoms with Crippen molar-refractivity contribution in [3.63, 3.8) is 0 Å². The maximum Gasteiger partial charge on any atom is 0.232 e. The SMILES string of the molecule is CC1(C)CC(=O)C2=C(C1)N(c1ccc(C#N)cc1)C(=O)CC2c1ccccc1Br. The second kappa shape index (κ2) is 7.27. The maximum atomic E-state index is 13.3. The molecule has 1 atom stereocenters. The van der Waals surface area contributed by atoms with Gasteiger partial charge in [0.05, 0.1) is 11.6 Å². The number of carbonyl (C=O) groups is 2. The van der Waals surface area contributed by atoms with Gasteiger partial charge in [0.15, 0.2) is 5.78 Å². The summed E-state index contributed by atoms with van der Waals surface area (Å²) >= 11 is 3.60. The standard InChI is InChI=1S/C24H21BrN2O2/c1-24(2)12-20-23(21(28)13-24)18(17-5-3-4-6-19(17)25)11-22(29)27(20)16-9-7-15(14-26)8-10-16/h3-10,18H,11-13H2,1-2H3. The molecule has 29 heavy (non-hydrogen) atoms. The molecule has 1 heterocycles. The molecule has 0 aromatic heterocycles. The molecule has 2 aliphatic rings. The van der Waals surface area contributed by atoms with E-state index in [1.54, 1.807) is 29.2 Å². The summed E-state index contributed by atoms with van der Waals surface area (Å²) in [5.74, 6) is -0.158. The minimum absolute atomic E-state index is 0.0280. The number of carbonyl (C=O) groups excluding carboxylic acids is 2. The van der Waals surface area contributed by atoms with Crippen molar-refractivity contribution in [2.75, 3.05) is 4.90 Å². The topological polar surface area (TPSA) is 61.2 Å². The molecule has 0 saturated heterocycles. The Morgan fingerprint density at radius 2 is 1.76 bits per heavy atom. The Morgan fingerprint density at radius 3 is 2.41 bits per heavy atom. The van der Waals surface area contributed by atoms with E-state index in [-0.39, 0.29) is 29.4 Å². The van der Waals surface area contributed by atoms with Crippen molar-refractivity contribution in [3.8, 4) is 6.07 Å². The summed E-state index contributed by atoms with van der Waals surface area (Å²) in [6.45, 7) is 4.14. The Balaban J connectivity index is 1.90. The molecule has 0 radical (unpaired) electrons. The number of benzene rings is 2. The Morgan fingerprint density at radius 1 is 1.07 bits per heavy atom. The van der Waals surface area contributed by atoms with E-state index in [2.05, 4.69) is 35.8 Å². The number of rotatable bonds is 2. The van der Waals surface area contributed by atoms with Crippen LogP contribution in [-0.4, -0.2) is 11.7 Å². The Bertz CT molecular complexity index is 1080. The lowest BCUT2D eigenvalue weighted by Gasteiger charge is -2.43. The molecule has 0 spiro atoms. The van der Waals surface area contributed by atoms with Crippen LogP contribution in [-0.2, 0) is 9.59 Å². The summed E-state index contributed by atoms with van der Waals surface area (Å²) in [5, 5.41) is 9.08. The third-order valence-electron chi connectivity index (χ3n) is 5.68. The molecule has 5 heteroatoms. The number of amides is 1. The summed E-state index contributed by atoms with van der Waals surface area (Å²) in [5.41, 5.74) is 3.56. The van der Waals surface area contributed by atoms with Gasteiger partial charge in [-0.1, -0.05) is 48.0 Å². The molecule has 1 aliphatic carbocycles. The first-order chi connectivity index (χ1) is 13.8. The number of hydrogen-bond acceptors (Lipinski definition) is 3. The van der Waals surface area contributed by atoms with Crippen LogP contribution in [0, 0.1) is 16.7 Å². The van der Waals surface area contributed by atoms with E-state index < -0.39 is 0 Å². The Hall–Kier alpha value is -2.71. The van der Waals surface area contributed by atoms with Crippen molar-refractivity contribution >= 4 is 33.3 Å².